The molecule has 1 fully saturated rings. The molecule has 132 valence electrons. The molecule has 0 bridgehead atoms. The molecule has 1 aromatic rings. The van der Waals surface area contributed by atoms with Gasteiger partial charge < -0.3 is 21.1 Å². The Morgan fingerprint density at radius 1 is 1.12 bits per heavy atom. The van der Waals surface area contributed by atoms with Gasteiger partial charge in [-0.2, -0.15) is 0 Å². The number of piperidine rings is 1. The third-order valence-corrected chi connectivity index (χ3v) is 4.13. The van der Waals surface area contributed by atoms with E-state index in [9.17, 15) is 14.7 Å². The summed E-state index contributed by atoms with van der Waals surface area (Å²) < 4.78 is 0. The number of aromatic hydroxyl groups is 1. The van der Waals surface area contributed by atoms with Gasteiger partial charge >= 0.3 is 11.8 Å². The summed E-state index contributed by atoms with van der Waals surface area (Å²) in [6.45, 7) is 10.2. The molecule has 0 unspecified atom stereocenters. The summed E-state index contributed by atoms with van der Waals surface area (Å²) in [5, 5.41) is 18.6. The Labute approximate surface area is 143 Å². The van der Waals surface area contributed by atoms with Crippen LogP contribution < -0.4 is 16.0 Å². The van der Waals surface area contributed by atoms with E-state index in [2.05, 4.69) is 43.6 Å². The molecule has 0 spiro atoms. The van der Waals surface area contributed by atoms with Gasteiger partial charge in [0.1, 0.15) is 5.75 Å². The van der Waals surface area contributed by atoms with Crippen molar-refractivity contribution in [2.45, 2.75) is 64.6 Å². The second kappa shape index (κ2) is 6.43. The molecule has 24 heavy (non-hydrogen) atoms. The highest BCUT2D eigenvalue weighted by molar-refractivity contribution is 6.39. The van der Waals surface area contributed by atoms with Crippen LogP contribution in [0.25, 0.3) is 0 Å². The number of amides is 2. The van der Waals surface area contributed by atoms with E-state index in [0.717, 1.165) is 18.4 Å². The fourth-order valence-electron chi connectivity index (χ4n) is 3.60. The lowest BCUT2D eigenvalue weighted by Crippen LogP contribution is -2.62. The van der Waals surface area contributed by atoms with Gasteiger partial charge in [-0.05, 0) is 65.2 Å². The average molecular weight is 333 g/mol. The topological polar surface area (TPSA) is 90.5 Å². The maximum Gasteiger partial charge on any atom is 0.313 e. The number of hydrogen-bond donors (Lipinski definition) is 4. The van der Waals surface area contributed by atoms with Crippen LogP contribution in [0, 0.1) is 6.92 Å². The minimum absolute atomic E-state index is 0.0553. The van der Waals surface area contributed by atoms with Crippen LogP contribution in [0.15, 0.2) is 18.2 Å². The van der Waals surface area contributed by atoms with Gasteiger partial charge in [-0.3, -0.25) is 9.59 Å². The molecule has 0 saturated carbocycles. The van der Waals surface area contributed by atoms with Crippen LogP contribution in [0.3, 0.4) is 0 Å². The number of nitrogens with one attached hydrogen (secondary N) is 3. The minimum atomic E-state index is -0.775. The van der Waals surface area contributed by atoms with Crippen molar-refractivity contribution in [2.75, 3.05) is 5.32 Å². The largest absolute Gasteiger partial charge is 0.506 e. The Kier molecular flexibility index (Phi) is 4.90. The Morgan fingerprint density at radius 2 is 1.71 bits per heavy atom. The first-order chi connectivity index (χ1) is 11.0. The first kappa shape index (κ1) is 18.3. The molecule has 0 atom stereocenters. The van der Waals surface area contributed by atoms with Crippen LogP contribution in [-0.2, 0) is 9.59 Å². The van der Waals surface area contributed by atoms with E-state index >= 15 is 0 Å². The first-order valence-corrected chi connectivity index (χ1v) is 8.18. The maximum atomic E-state index is 12.2. The molecule has 4 N–H and O–H groups in total. The van der Waals surface area contributed by atoms with Gasteiger partial charge in [0.2, 0.25) is 0 Å². The molecule has 1 aliphatic heterocycles. The van der Waals surface area contributed by atoms with Crippen LogP contribution in [0.1, 0.15) is 46.1 Å². The third kappa shape index (κ3) is 4.71. The average Bonchev–Trinajstić information content (AvgIpc) is 2.38. The quantitative estimate of drug-likeness (QED) is 0.493. The third-order valence-electron chi connectivity index (χ3n) is 4.13. The van der Waals surface area contributed by atoms with E-state index in [4.69, 9.17) is 0 Å². The van der Waals surface area contributed by atoms with Gasteiger partial charge in [0.05, 0.1) is 5.69 Å². The second-order valence-corrected chi connectivity index (χ2v) is 7.95. The molecule has 1 saturated heterocycles. The molecule has 6 heteroatoms. The number of benzene rings is 1. The number of carbonyl (C=O) groups is 2. The van der Waals surface area contributed by atoms with Gasteiger partial charge in [-0.1, -0.05) is 6.07 Å². The number of carbonyl (C=O) groups excluding carboxylic acids is 2. The van der Waals surface area contributed by atoms with Crippen LogP contribution in [0.4, 0.5) is 5.69 Å². The number of phenolic OH excluding ortho intramolecular Hbond substituents is 1. The van der Waals surface area contributed by atoms with Gasteiger partial charge in [0.25, 0.3) is 0 Å². The van der Waals surface area contributed by atoms with E-state index in [1.165, 1.54) is 6.07 Å². The highest BCUT2D eigenvalue weighted by Crippen LogP contribution is 2.28. The number of rotatable bonds is 2. The molecule has 2 amide bonds. The van der Waals surface area contributed by atoms with Gasteiger partial charge in [0.15, 0.2) is 0 Å². The SMILES string of the molecule is Cc1ccc(NC(=O)C(=O)NC2CC(C)(C)NC(C)(C)C2)c(O)c1. The van der Waals surface area contributed by atoms with Crippen molar-refractivity contribution in [3.05, 3.63) is 23.8 Å². The molecule has 1 aromatic carbocycles. The summed E-state index contributed by atoms with van der Waals surface area (Å²) in [7, 11) is 0. The smallest absolute Gasteiger partial charge is 0.313 e. The monoisotopic (exact) mass is 333 g/mol. The summed E-state index contributed by atoms with van der Waals surface area (Å²) in [5.74, 6) is -1.52. The predicted octanol–water partition coefficient (Wildman–Crippen LogP) is 2.06. The van der Waals surface area contributed by atoms with Crippen LogP contribution >= 0.6 is 0 Å². The standard InChI is InChI=1S/C18H27N3O3/c1-11-6-7-13(14(22)8-11)20-16(24)15(23)19-12-9-17(2,3)21-18(4,5)10-12/h6-8,12,21-22H,9-10H2,1-5H3,(H,19,23)(H,20,24). The van der Waals surface area contributed by atoms with Crippen molar-refractivity contribution in [3.63, 3.8) is 0 Å². The van der Waals surface area contributed by atoms with Crippen LogP contribution in [-0.4, -0.2) is 34.0 Å². The van der Waals surface area contributed by atoms with E-state index in [1.54, 1.807) is 12.1 Å². The molecular formula is C18H27N3O3. The summed E-state index contributed by atoms with van der Waals surface area (Å²) in [5.41, 5.74) is 0.859. The minimum Gasteiger partial charge on any atom is -0.506 e. The zero-order chi connectivity index (χ0) is 18.1. The molecular weight excluding hydrogens is 306 g/mol. The molecule has 0 aromatic heterocycles. The molecule has 1 aliphatic rings. The zero-order valence-electron chi connectivity index (χ0n) is 15.0. The van der Waals surface area contributed by atoms with Crippen molar-refractivity contribution >= 4 is 17.5 Å². The fourth-order valence-corrected chi connectivity index (χ4v) is 3.60. The van der Waals surface area contributed by atoms with E-state index < -0.39 is 11.8 Å². The van der Waals surface area contributed by atoms with E-state index in [1.807, 2.05) is 6.92 Å². The summed E-state index contributed by atoms with van der Waals surface area (Å²) in [6.07, 6.45) is 1.48. The summed E-state index contributed by atoms with van der Waals surface area (Å²) >= 11 is 0. The Hall–Kier alpha value is -2.08. The summed E-state index contributed by atoms with van der Waals surface area (Å²) in [4.78, 5) is 24.3. The lowest BCUT2D eigenvalue weighted by molar-refractivity contribution is -0.137. The molecule has 0 radical (unpaired) electrons. The van der Waals surface area contributed by atoms with E-state index in [0.29, 0.717) is 0 Å². The van der Waals surface area contributed by atoms with Crippen LogP contribution in [0.2, 0.25) is 0 Å². The maximum absolute atomic E-state index is 12.2. The van der Waals surface area contributed by atoms with Gasteiger partial charge in [-0.25, -0.2) is 0 Å². The van der Waals surface area contributed by atoms with E-state index in [-0.39, 0.29) is 28.6 Å². The zero-order valence-corrected chi connectivity index (χ0v) is 15.0. The normalized spacial score (nSPS) is 19.5. The number of phenols is 1. The molecule has 2 rings (SSSR count). The van der Waals surface area contributed by atoms with Crippen LogP contribution in [0.5, 0.6) is 5.75 Å². The highest BCUT2D eigenvalue weighted by atomic mass is 16.3. The fraction of sp³-hybridized carbons (Fsp3) is 0.556. The predicted molar refractivity (Wildman–Crippen MR) is 93.9 cm³/mol. The van der Waals surface area contributed by atoms with Crippen molar-refractivity contribution in [1.82, 2.24) is 10.6 Å². The highest BCUT2D eigenvalue weighted by Gasteiger charge is 2.38. The first-order valence-electron chi connectivity index (χ1n) is 8.18. The summed E-state index contributed by atoms with van der Waals surface area (Å²) in [6, 6.07) is 4.78. The van der Waals surface area contributed by atoms with Gasteiger partial charge in [0, 0.05) is 17.1 Å². The lowest BCUT2D eigenvalue weighted by Gasteiger charge is -2.46. The molecule has 1 heterocycles. The number of hydrogen-bond acceptors (Lipinski definition) is 4. The van der Waals surface area contributed by atoms with Crippen molar-refractivity contribution < 1.29 is 14.7 Å². The van der Waals surface area contributed by atoms with Crippen molar-refractivity contribution in [2.24, 2.45) is 0 Å². The molecule has 0 aliphatic carbocycles. The van der Waals surface area contributed by atoms with Crippen molar-refractivity contribution in [1.29, 1.82) is 0 Å². The number of aryl methyl sites for hydroxylation is 1. The Balaban J connectivity index is 2.00. The van der Waals surface area contributed by atoms with Gasteiger partial charge in [-0.15, -0.1) is 0 Å². The molecule has 6 nitrogen and oxygen atoms in total. The Bertz CT molecular complexity index is 637. The van der Waals surface area contributed by atoms with Crippen molar-refractivity contribution in [3.8, 4) is 5.75 Å². The lowest BCUT2D eigenvalue weighted by atomic mass is 9.79. The number of anilines is 1. The second-order valence-electron chi connectivity index (χ2n) is 7.95. The Morgan fingerprint density at radius 3 is 2.25 bits per heavy atom.